The third-order valence-corrected chi connectivity index (χ3v) is 3.12. The van der Waals surface area contributed by atoms with Gasteiger partial charge < -0.3 is 9.67 Å². The quantitative estimate of drug-likeness (QED) is 0.782. The van der Waals surface area contributed by atoms with Gasteiger partial charge in [-0.25, -0.2) is 4.98 Å². The van der Waals surface area contributed by atoms with Crippen LogP contribution in [0.1, 0.15) is 43.9 Å². The third kappa shape index (κ3) is 1.98. The summed E-state index contributed by atoms with van der Waals surface area (Å²) in [7, 11) is 1.93. The van der Waals surface area contributed by atoms with Gasteiger partial charge in [-0.2, -0.15) is 0 Å². The SMILES string of the molecule is Cn1cnc(C(O)C2CCCCC2)c1. The average Bonchev–Trinajstić information content (AvgIpc) is 2.65. The first-order chi connectivity index (χ1) is 6.77. The molecule has 0 aromatic carbocycles. The highest BCUT2D eigenvalue weighted by atomic mass is 16.3. The van der Waals surface area contributed by atoms with Crippen molar-refractivity contribution in [1.82, 2.24) is 9.55 Å². The Hall–Kier alpha value is -0.830. The maximum absolute atomic E-state index is 10.1. The molecule has 1 aliphatic rings. The third-order valence-electron chi connectivity index (χ3n) is 3.12. The zero-order valence-corrected chi connectivity index (χ0v) is 8.69. The van der Waals surface area contributed by atoms with Crippen molar-refractivity contribution in [2.24, 2.45) is 13.0 Å². The first-order valence-electron chi connectivity index (χ1n) is 5.43. The molecule has 1 fully saturated rings. The van der Waals surface area contributed by atoms with Gasteiger partial charge in [-0.15, -0.1) is 0 Å². The Labute approximate surface area is 84.8 Å². The van der Waals surface area contributed by atoms with Crippen molar-refractivity contribution in [3.8, 4) is 0 Å². The number of nitrogens with zero attached hydrogens (tertiary/aromatic N) is 2. The lowest BCUT2D eigenvalue weighted by Crippen LogP contribution is -2.16. The van der Waals surface area contributed by atoms with E-state index in [2.05, 4.69) is 4.98 Å². The molecule has 78 valence electrons. The molecular weight excluding hydrogens is 176 g/mol. The van der Waals surface area contributed by atoms with Crippen LogP contribution < -0.4 is 0 Å². The fourth-order valence-electron chi connectivity index (χ4n) is 2.28. The number of imidazole rings is 1. The van der Waals surface area contributed by atoms with Crippen LogP contribution in [0.15, 0.2) is 12.5 Å². The summed E-state index contributed by atoms with van der Waals surface area (Å²) in [4.78, 5) is 4.20. The van der Waals surface area contributed by atoms with E-state index in [1.165, 1.54) is 19.3 Å². The molecule has 0 bridgehead atoms. The van der Waals surface area contributed by atoms with Crippen LogP contribution in [-0.4, -0.2) is 14.7 Å². The first kappa shape index (κ1) is 9.71. The molecule has 3 heteroatoms. The van der Waals surface area contributed by atoms with Crippen molar-refractivity contribution in [2.75, 3.05) is 0 Å². The fraction of sp³-hybridized carbons (Fsp3) is 0.727. The lowest BCUT2D eigenvalue weighted by atomic mass is 9.84. The lowest BCUT2D eigenvalue weighted by Gasteiger charge is -2.25. The molecule has 1 aromatic rings. The van der Waals surface area contributed by atoms with E-state index in [0.29, 0.717) is 5.92 Å². The van der Waals surface area contributed by atoms with Crippen LogP contribution in [-0.2, 0) is 7.05 Å². The number of aliphatic hydroxyl groups is 1. The zero-order chi connectivity index (χ0) is 9.97. The maximum Gasteiger partial charge on any atom is 0.100 e. The largest absolute Gasteiger partial charge is 0.386 e. The second kappa shape index (κ2) is 4.13. The Morgan fingerprint density at radius 1 is 1.43 bits per heavy atom. The van der Waals surface area contributed by atoms with Gasteiger partial charge in [0, 0.05) is 13.2 Å². The molecular formula is C11H18N2O. The lowest BCUT2D eigenvalue weighted by molar-refractivity contribution is 0.0814. The van der Waals surface area contributed by atoms with Gasteiger partial charge in [0.1, 0.15) is 6.10 Å². The zero-order valence-electron chi connectivity index (χ0n) is 8.69. The average molecular weight is 194 g/mol. The van der Waals surface area contributed by atoms with Crippen LogP contribution in [0.3, 0.4) is 0 Å². The van der Waals surface area contributed by atoms with Crippen LogP contribution in [0.2, 0.25) is 0 Å². The minimum absolute atomic E-state index is 0.350. The molecule has 1 aliphatic carbocycles. The number of rotatable bonds is 2. The number of aromatic nitrogens is 2. The Morgan fingerprint density at radius 2 is 2.14 bits per heavy atom. The monoisotopic (exact) mass is 194 g/mol. The summed E-state index contributed by atoms with van der Waals surface area (Å²) in [6.45, 7) is 0. The second-order valence-corrected chi connectivity index (χ2v) is 4.31. The molecule has 1 atom stereocenters. The van der Waals surface area contributed by atoms with Crippen LogP contribution in [0.4, 0.5) is 0 Å². The van der Waals surface area contributed by atoms with Gasteiger partial charge in [0.25, 0.3) is 0 Å². The van der Waals surface area contributed by atoms with Gasteiger partial charge >= 0.3 is 0 Å². The van der Waals surface area contributed by atoms with Crippen molar-refractivity contribution in [2.45, 2.75) is 38.2 Å². The normalized spacial score (nSPS) is 21.0. The van der Waals surface area contributed by atoms with Crippen molar-refractivity contribution < 1.29 is 5.11 Å². The Bertz CT molecular complexity index is 289. The Morgan fingerprint density at radius 3 is 2.71 bits per heavy atom. The first-order valence-corrected chi connectivity index (χ1v) is 5.43. The molecule has 0 radical (unpaired) electrons. The molecule has 0 spiro atoms. The molecule has 1 saturated carbocycles. The molecule has 1 aromatic heterocycles. The second-order valence-electron chi connectivity index (χ2n) is 4.31. The summed E-state index contributed by atoms with van der Waals surface area (Å²) in [6, 6.07) is 0. The summed E-state index contributed by atoms with van der Waals surface area (Å²) in [6.07, 6.45) is 9.46. The van der Waals surface area contributed by atoms with Gasteiger partial charge in [-0.05, 0) is 18.8 Å². The van der Waals surface area contributed by atoms with E-state index in [1.807, 2.05) is 17.8 Å². The maximum atomic E-state index is 10.1. The molecule has 0 saturated heterocycles. The fourth-order valence-corrected chi connectivity index (χ4v) is 2.28. The predicted molar refractivity (Wildman–Crippen MR) is 54.7 cm³/mol. The van der Waals surface area contributed by atoms with Crippen molar-refractivity contribution >= 4 is 0 Å². The van der Waals surface area contributed by atoms with Gasteiger partial charge in [0.2, 0.25) is 0 Å². The van der Waals surface area contributed by atoms with Gasteiger partial charge in [-0.3, -0.25) is 0 Å². The Kier molecular flexibility index (Phi) is 2.87. The number of hydrogen-bond acceptors (Lipinski definition) is 2. The van der Waals surface area contributed by atoms with Gasteiger partial charge in [0.05, 0.1) is 12.0 Å². The minimum Gasteiger partial charge on any atom is -0.386 e. The highest BCUT2D eigenvalue weighted by Gasteiger charge is 2.24. The van der Waals surface area contributed by atoms with E-state index >= 15 is 0 Å². The summed E-state index contributed by atoms with van der Waals surface area (Å²) in [5, 5.41) is 10.1. The summed E-state index contributed by atoms with van der Waals surface area (Å²) < 4.78 is 1.89. The van der Waals surface area contributed by atoms with Crippen LogP contribution >= 0.6 is 0 Å². The van der Waals surface area contributed by atoms with Gasteiger partial charge in [0.15, 0.2) is 0 Å². The molecule has 3 nitrogen and oxygen atoms in total. The van der Waals surface area contributed by atoms with E-state index in [9.17, 15) is 5.11 Å². The Balaban J connectivity index is 2.03. The van der Waals surface area contributed by atoms with E-state index < -0.39 is 0 Å². The highest BCUT2D eigenvalue weighted by Crippen LogP contribution is 2.33. The highest BCUT2D eigenvalue weighted by molar-refractivity contribution is 5.02. The molecule has 0 aliphatic heterocycles. The smallest absolute Gasteiger partial charge is 0.100 e. The van der Waals surface area contributed by atoms with Crippen LogP contribution in [0.5, 0.6) is 0 Å². The molecule has 1 unspecified atom stereocenters. The number of aryl methyl sites for hydroxylation is 1. The molecule has 14 heavy (non-hydrogen) atoms. The van der Waals surface area contributed by atoms with Crippen molar-refractivity contribution in [3.05, 3.63) is 18.2 Å². The predicted octanol–water partition coefficient (Wildman–Crippen LogP) is 2.03. The van der Waals surface area contributed by atoms with Gasteiger partial charge in [-0.1, -0.05) is 19.3 Å². The van der Waals surface area contributed by atoms with Crippen LogP contribution in [0.25, 0.3) is 0 Å². The van der Waals surface area contributed by atoms with E-state index in [-0.39, 0.29) is 6.10 Å². The molecule has 1 N–H and O–H groups in total. The molecule has 1 heterocycles. The van der Waals surface area contributed by atoms with Crippen LogP contribution in [0, 0.1) is 5.92 Å². The topological polar surface area (TPSA) is 38.0 Å². The summed E-state index contributed by atoms with van der Waals surface area (Å²) >= 11 is 0. The number of hydrogen-bond donors (Lipinski definition) is 1. The van der Waals surface area contributed by atoms with E-state index in [4.69, 9.17) is 0 Å². The molecule has 2 rings (SSSR count). The summed E-state index contributed by atoms with van der Waals surface area (Å²) in [5.74, 6) is 0.429. The van der Waals surface area contributed by atoms with Crippen molar-refractivity contribution in [1.29, 1.82) is 0 Å². The standard InChI is InChI=1S/C11H18N2O/c1-13-7-10(12-8-13)11(14)9-5-3-2-4-6-9/h7-9,11,14H,2-6H2,1H3. The number of aliphatic hydroxyl groups excluding tert-OH is 1. The van der Waals surface area contributed by atoms with E-state index in [1.54, 1.807) is 6.33 Å². The minimum atomic E-state index is -0.350. The summed E-state index contributed by atoms with van der Waals surface area (Å²) in [5.41, 5.74) is 0.833. The van der Waals surface area contributed by atoms with Crippen molar-refractivity contribution in [3.63, 3.8) is 0 Å². The van der Waals surface area contributed by atoms with E-state index in [0.717, 1.165) is 18.5 Å². The molecule has 0 amide bonds.